The van der Waals surface area contributed by atoms with Crippen LogP contribution in [-0.2, 0) is 11.2 Å². The maximum Gasteiger partial charge on any atom is 0.348 e. The lowest BCUT2D eigenvalue weighted by Crippen LogP contribution is -2.33. The van der Waals surface area contributed by atoms with Gasteiger partial charge in [-0.1, -0.05) is 30.3 Å². The van der Waals surface area contributed by atoms with Gasteiger partial charge in [0.1, 0.15) is 29.6 Å². The molecule has 10 heteroatoms. The predicted molar refractivity (Wildman–Crippen MR) is 99.8 cm³/mol. The highest BCUT2D eigenvalue weighted by Gasteiger charge is 2.44. The van der Waals surface area contributed by atoms with E-state index in [1.807, 2.05) is 30.3 Å². The third-order valence-electron chi connectivity index (χ3n) is 4.79. The zero-order valence-electron chi connectivity index (χ0n) is 14.9. The second kappa shape index (κ2) is 7.68. The molecule has 0 aliphatic carbocycles. The number of benzene rings is 1. The fourth-order valence-corrected chi connectivity index (χ4v) is 3.33. The van der Waals surface area contributed by atoms with Crippen LogP contribution in [0, 0.1) is 0 Å². The van der Waals surface area contributed by atoms with Crippen molar-refractivity contribution in [2.45, 2.75) is 31.0 Å². The highest BCUT2D eigenvalue weighted by molar-refractivity contribution is 5.82. The molecule has 4 atom stereocenters. The average Bonchev–Trinajstić information content (AvgIpc) is 3.24. The molecule has 3 heterocycles. The summed E-state index contributed by atoms with van der Waals surface area (Å²) < 4.78 is 6.89. The standard InChI is InChI=1S/C18H21N5O5/c24-8-11-13(25)14(26)17(28-11)23-9-20-12-15(21-18(27)22-16(12)23)19-7-6-10-4-2-1-3-5-10/h1-5,9,11,13-14,17,24-26H,6-8H2,(H2,19,21,22,27)/t11-,13+,14-,17+/m0/s1. The Labute approximate surface area is 159 Å². The monoisotopic (exact) mass is 387 g/mol. The van der Waals surface area contributed by atoms with Gasteiger partial charge in [-0.05, 0) is 12.0 Å². The third-order valence-corrected chi connectivity index (χ3v) is 4.79. The van der Waals surface area contributed by atoms with E-state index in [2.05, 4.69) is 20.3 Å². The zero-order valence-corrected chi connectivity index (χ0v) is 14.9. The van der Waals surface area contributed by atoms with E-state index in [9.17, 15) is 20.1 Å². The number of ether oxygens (including phenoxy) is 1. The largest absolute Gasteiger partial charge is 0.394 e. The van der Waals surface area contributed by atoms with Crippen LogP contribution < -0.4 is 11.0 Å². The summed E-state index contributed by atoms with van der Waals surface area (Å²) in [6.45, 7) is 0.126. The normalized spacial score (nSPS) is 24.7. The number of nitrogens with one attached hydrogen (secondary N) is 2. The van der Waals surface area contributed by atoms with Crippen LogP contribution in [0.3, 0.4) is 0 Å². The van der Waals surface area contributed by atoms with Crippen molar-refractivity contribution in [2.75, 3.05) is 18.5 Å². The summed E-state index contributed by atoms with van der Waals surface area (Å²) in [5.41, 5.74) is 1.19. The van der Waals surface area contributed by atoms with E-state index in [0.29, 0.717) is 17.9 Å². The maximum absolute atomic E-state index is 12.0. The molecule has 10 nitrogen and oxygen atoms in total. The summed E-state index contributed by atoms with van der Waals surface area (Å²) in [5.74, 6) is 0.413. The highest BCUT2D eigenvalue weighted by Crippen LogP contribution is 2.31. The number of hydrogen-bond acceptors (Lipinski definition) is 8. The fraction of sp³-hybridized carbons (Fsp3) is 0.389. The minimum atomic E-state index is -1.29. The molecule has 1 aliphatic heterocycles. The van der Waals surface area contributed by atoms with Gasteiger partial charge >= 0.3 is 5.69 Å². The Hall–Kier alpha value is -2.79. The van der Waals surface area contributed by atoms with Gasteiger partial charge in [-0.2, -0.15) is 4.98 Å². The molecule has 2 aromatic heterocycles. The SMILES string of the molecule is O=c1nc2c(ncn2[C@@H]2O[C@@H](CO)[C@@H](O)[C@@H]2O)c(NCCc2ccccc2)[nH]1. The first-order valence-corrected chi connectivity index (χ1v) is 8.95. The van der Waals surface area contributed by atoms with E-state index >= 15 is 0 Å². The van der Waals surface area contributed by atoms with Gasteiger partial charge in [0.15, 0.2) is 11.9 Å². The molecule has 3 aromatic rings. The number of anilines is 1. The topological polar surface area (TPSA) is 146 Å². The van der Waals surface area contributed by atoms with Crippen LogP contribution in [0.4, 0.5) is 5.82 Å². The fourth-order valence-electron chi connectivity index (χ4n) is 3.33. The first-order valence-electron chi connectivity index (χ1n) is 8.95. The minimum absolute atomic E-state index is 0.209. The first-order chi connectivity index (χ1) is 13.6. The number of hydrogen-bond donors (Lipinski definition) is 5. The van der Waals surface area contributed by atoms with Crippen LogP contribution >= 0.6 is 0 Å². The Morgan fingerprint density at radius 3 is 2.71 bits per heavy atom. The Kier molecular flexibility index (Phi) is 5.09. The smallest absolute Gasteiger partial charge is 0.348 e. The van der Waals surface area contributed by atoms with Gasteiger partial charge in [0, 0.05) is 6.54 Å². The molecule has 1 aromatic carbocycles. The lowest BCUT2D eigenvalue weighted by molar-refractivity contribution is -0.0511. The molecular formula is C18H21N5O5. The van der Waals surface area contributed by atoms with Gasteiger partial charge in [-0.3, -0.25) is 9.55 Å². The van der Waals surface area contributed by atoms with Gasteiger partial charge in [0.05, 0.1) is 12.9 Å². The molecule has 0 bridgehead atoms. The highest BCUT2D eigenvalue weighted by atomic mass is 16.6. The Bertz CT molecular complexity index is 1000. The van der Waals surface area contributed by atoms with Crippen molar-refractivity contribution >= 4 is 17.0 Å². The number of aliphatic hydroxyl groups is 3. The van der Waals surface area contributed by atoms with E-state index in [-0.39, 0.29) is 5.65 Å². The number of fused-ring (bicyclic) bond motifs is 1. The van der Waals surface area contributed by atoms with Crippen LogP contribution in [-0.4, -0.2) is 66.3 Å². The van der Waals surface area contributed by atoms with E-state index in [0.717, 1.165) is 12.0 Å². The van der Waals surface area contributed by atoms with E-state index in [1.54, 1.807) is 0 Å². The minimum Gasteiger partial charge on any atom is -0.394 e. The molecular weight excluding hydrogens is 366 g/mol. The summed E-state index contributed by atoms with van der Waals surface area (Å²) in [5, 5.41) is 32.6. The molecule has 148 valence electrons. The number of H-pyrrole nitrogens is 1. The molecule has 1 saturated heterocycles. The Morgan fingerprint density at radius 2 is 2.00 bits per heavy atom. The summed E-state index contributed by atoms with van der Waals surface area (Å²) >= 11 is 0. The van der Waals surface area contributed by atoms with Crippen molar-refractivity contribution in [3.63, 3.8) is 0 Å². The Morgan fingerprint density at radius 1 is 1.21 bits per heavy atom. The summed E-state index contributed by atoms with van der Waals surface area (Å²) in [6, 6.07) is 9.91. The summed E-state index contributed by atoms with van der Waals surface area (Å²) in [6.07, 6.45) is -2.34. The molecule has 5 N–H and O–H groups in total. The zero-order chi connectivity index (χ0) is 19.7. The number of imidazole rings is 1. The van der Waals surface area contributed by atoms with Crippen LogP contribution in [0.25, 0.3) is 11.2 Å². The van der Waals surface area contributed by atoms with Gasteiger partial charge in [-0.15, -0.1) is 0 Å². The van der Waals surface area contributed by atoms with Crippen molar-refractivity contribution in [1.82, 2.24) is 19.5 Å². The molecule has 0 spiro atoms. The van der Waals surface area contributed by atoms with Gasteiger partial charge < -0.3 is 25.4 Å². The molecule has 1 aliphatic rings. The van der Waals surface area contributed by atoms with E-state index in [1.165, 1.54) is 10.9 Å². The quantitative estimate of drug-likeness (QED) is 0.376. The van der Waals surface area contributed by atoms with Crippen LogP contribution in [0.2, 0.25) is 0 Å². The van der Waals surface area contributed by atoms with Crippen LogP contribution in [0.5, 0.6) is 0 Å². The molecule has 0 radical (unpaired) electrons. The van der Waals surface area contributed by atoms with Gasteiger partial charge in [0.2, 0.25) is 0 Å². The molecule has 4 rings (SSSR count). The first kappa shape index (κ1) is 18.6. The molecule has 0 saturated carbocycles. The van der Waals surface area contributed by atoms with Crippen molar-refractivity contribution in [1.29, 1.82) is 0 Å². The lowest BCUT2D eigenvalue weighted by atomic mass is 10.1. The number of nitrogens with zero attached hydrogens (tertiary/aromatic N) is 3. The van der Waals surface area contributed by atoms with Crippen LogP contribution in [0.1, 0.15) is 11.8 Å². The Balaban J connectivity index is 1.59. The van der Waals surface area contributed by atoms with Crippen LogP contribution in [0.15, 0.2) is 41.5 Å². The van der Waals surface area contributed by atoms with Gasteiger partial charge in [-0.25, -0.2) is 9.78 Å². The van der Waals surface area contributed by atoms with E-state index in [4.69, 9.17) is 4.74 Å². The van der Waals surface area contributed by atoms with E-state index < -0.39 is 36.8 Å². The van der Waals surface area contributed by atoms with Crippen molar-refractivity contribution in [3.8, 4) is 0 Å². The lowest BCUT2D eigenvalue weighted by Gasteiger charge is -2.16. The van der Waals surface area contributed by atoms with Crippen molar-refractivity contribution in [2.24, 2.45) is 0 Å². The number of aromatic nitrogens is 4. The number of rotatable bonds is 6. The second-order valence-electron chi connectivity index (χ2n) is 6.63. The molecule has 0 amide bonds. The maximum atomic E-state index is 12.0. The third kappa shape index (κ3) is 3.38. The number of aliphatic hydroxyl groups excluding tert-OH is 3. The number of aromatic amines is 1. The average molecular weight is 387 g/mol. The van der Waals surface area contributed by atoms with Crippen molar-refractivity contribution < 1.29 is 20.1 Å². The molecule has 28 heavy (non-hydrogen) atoms. The summed E-state index contributed by atoms with van der Waals surface area (Å²) in [4.78, 5) is 22.9. The molecule has 1 fully saturated rings. The predicted octanol–water partition coefficient (Wildman–Crippen LogP) is -0.614. The van der Waals surface area contributed by atoms with Gasteiger partial charge in [0.25, 0.3) is 0 Å². The van der Waals surface area contributed by atoms with Crippen molar-refractivity contribution in [3.05, 3.63) is 52.7 Å². The molecule has 0 unspecified atom stereocenters. The second-order valence-corrected chi connectivity index (χ2v) is 6.63. The summed E-state index contributed by atoms with van der Waals surface area (Å²) in [7, 11) is 0.